The zero-order valence-corrected chi connectivity index (χ0v) is 14.7. The van der Waals surface area contributed by atoms with Crippen LogP contribution >= 0.6 is 11.6 Å². The van der Waals surface area contributed by atoms with Gasteiger partial charge in [-0.05, 0) is 49.2 Å². The summed E-state index contributed by atoms with van der Waals surface area (Å²) >= 11 is 6.16. The molecule has 0 amide bonds. The highest BCUT2D eigenvalue weighted by atomic mass is 35.5. The molecule has 0 spiro atoms. The van der Waals surface area contributed by atoms with Crippen molar-refractivity contribution in [2.45, 2.75) is 13.8 Å². The van der Waals surface area contributed by atoms with E-state index in [0.29, 0.717) is 23.4 Å². The number of fused-ring (bicyclic) bond motifs is 1. The number of oxazole rings is 1. The summed E-state index contributed by atoms with van der Waals surface area (Å²) in [6.07, 6.45) is 3.67. The number of ether oxygens (including phenoxy) is 1. The molecule has 0 unspecified atom stereocenters. The van der Waals surface area contributed by atoms with Crippen molar-refractivity contribution in [3.05, 3.63) is 70.1 Å². The molecule has 0 saturated heterocycles. The Hall–Kier alpha value is -2.72. The second-order valence-electron chi connectivity index (χ2n) is 6.16. The molecule has 1 aromatic heterocycles. The minimum absolute atomic E-state index is 0.409. The summed E-state index contributed by atoms with van der Waals surface area (Å²) in [5, 5.41) is 3.82. The average Bonchev–Trinajstić information content (AvgIpc) is 3.02. The number of hydrogen-bond acceptors (Lipinski definition) is 4. The van der Waals surface area contributed by atoms with Crippen LogP contribution in [0.5, 0.6) is 5.75 Å². The third-order valence-corrected chi connectivity index (χ3v) is 4.30. The van der Waals surface area contributed by atoms with E-state index < -0.39 is 0 Å². The first-order valence-electron chi connectivity index (χ1n) is 8.01. The van der Waals surface area contributed by atoms with Gasteiger partial charge in [-0.25, -0.2) is 0 Å². The van der Waals surface area contributed by atoms with Crippen LogP contribution in [0.4, 0.5) is 11.7 Å². The Morgan fingerprint density at radius 1 is 1.12 bits per heavy atom. The molecule has 4 nitrogen and oxygen atoms in total. The molecule has 0 bridgehead atoms. The maximum absolute atomic E-state index is 6.16. The first kappa shape index (κ1) is 15.8. The second-order valence-corrected chi connectivity index (χ2v) is 6.56. The van der Waals surface area contributed by atoms with Crippen LogP contribution in [-0.2, 0) is 0 Å². The quantitative estimate of drug-likeness (QED) is 0.664. The lowest BCUT2D eigenvalue weighted by Gasteiger charge is -2.17. The van der Waals surface area contributed by atoms with Crippen LogP contribution in [0, 0.1) is 13.8 Å². The Morgan fingerprint density at radius 3 is 2.72 bits per heavy atom. The fourth-order valence-electron chi connectivity index (χ4n) is 2.97. The number of hydrogen-bond donors (Lipinski definition) is 1. The zero-order valence-electron chi connectivity index (χ0n) is 14.0. The molecule has 0 atom stereocenters. The maximum atomic E-state index is 6.16. The van der Waals surface area contributed by atoms with Gasteiger partial charge in [0.2, 0.25) is 0 Å². The van der Waals surface area contributed by atoms with Gasteiger partial charge in [-0.2, -0.15) is 4.98 Å². The van der Waals surface area contributed by atoms with Gasteiger partial charge < -0.3 is 14.5 Å². The molecule has 1 N–H and O–H groups in total. The Morgan fingerprint density at radius 2 is 1.92 bits per heavy atom. The van der Waals surface area contributed by atoms with E-state index >= 15 is 0 Å². The Kier molecular flexibility index (Phi) is 3.98. The second kappa shape index (κ2) is 6.30. The van der Waals surface area contributed by atoms with Crippen molar-refractivity contribution in [2.24, 2.45) is 0 Å². The fourth-order valence-corrected chi connectivity index (χ4v) is 3.20. The molecule has 5 heteroatoms. The van der Waals surface area contributed by atoms with E-state index in [1.165, 1.54) is 11.1 Å². The van der Waals surface area contributed by atoms with Crippen molar-refractivity contribution >= 4 is 35.0 Å². The third-order valence-electron chi connectivity index (χ3n) is 4.01. The smallest absolute Gasteiger partial charge is 0.299 e. The van der Waals surface area contributed by atoms with Crippen LogP contribution in [0.3, 0.4) is 0 Å². The lowest BCUT2D eigenvalue weighted by atomic mass is 10.1. The third kappa shape index (κ3) is 3.26. The number of nitrogens with zero attached hydrogens (tertiary/aromatic N) is 1. The van der Waals surface area contributed by atoms with Gasteiger partial charge in [-0.1, -0.05) is 29.8 Å². The first-order chi connectivity index (χ1) is 12.1. The number of aryl methyl sites for hydroxylation is 2. The van der Waals surface area contributed by atoms with Crippen LogP contribution in [0.1, 0.15) is 22.4 Å². The highest BCUT2D eigenvalue weighted by Gasteiger charge is 2.18. The largest absolute Gasteiger partial charge is 0.487 e. The molecule has 126 valence electrons. The minimum atomic E-state index is 0.409. The van der Waals surface area contributed by atoms with E-state index in [1.54, 1.807) is 6.26 Å². The number of anilines is 2. The summed E-state index contributed by atoms with van der Waals surface area (Å²) in [7, 11) is 0. The molecular weight excluding hydrogens is 336 g/mol. The van der Waals surface area contributed by atoms with Crippen molar-refractivity contribution in [3.8, 4) is 5.75 Å². The van der Waals surface area contributed by atoms with Crippen molar-refractivity contribution in [3.63, 3.8) is 0 Å². The van der Waals surface area contributed by atoms with Gasteiger partial charge in [0.05, 0.1) is 5.02 Å². The Balaban J connectivity index is 1.59. The number of rotatable bonds is 3. The van der Waals surface area contributed by atoms with E-state index in [4.69, 9.17) is 20.8 Å². The summed E-state index contributed by atoms with van der Waals surface area (Å²) in [5.41, 5.74) is 5.97. The summed E-state index contributed by atoms with van der Waals surface area (Å²) < 4.78 is 11.3. The van der Waals surface area contributed by atoms with Gasteiger partial charge in [0.25, 0.3) is 6.01 Å². The molecule has 0 radical (unpaired) electrons. The number of nitrogens with one attached hydrogen (secondary N) is 1. The van der Waals surface area contributed by atoms with Crippen molar-refractivity contribution < 1.29 is 9.15 Å². The molecule has 4 rings (SSSR count). The van der Waals surface area contributed by atoms with Gasteiger partial charge in [0, 0.05) is 16.8 Å². The lowest BCUT2D eigenvalue weighted by molar-refractivity contribution is 0.365. The van der Waals surface area contributed by atoms with Crippen molar-refractivity contribution in [1.29, 1.82) is 0 Å². The highest BCUT2D eigenvalue weighted by Crippen LogP contribution is 2.36. The normalized spacial score (nSPS) is 13.0. The molecule has 25 heavy (non-hydrogen) atoms. The average molecular weight is 353 g/mol. The van der Waals surface area contributed by atoms with Crippen molar-refractivity contribution in [2.75, 3.05) is 11.9 Å². The molecule has 2 aromatic carbocycles. The van der Waals surface area contributed by atoms with Gasteiger partial charge in [0.15, 0.2) is 0 Å². The number of benzene rings is 2. The molecule has 0 saturated carbocycles. The fraction of sp³-hybridized carbons (Fsp3) is 0.150. The first-order valence-corrected chi connectivity index (χ1v) is 8.39. The summed E-state index contributed by atoms with van der Waals surface area (Å²) in [6.45, 7) is 4.53. The summed E-state index contributed by atoms with van der Waals surface area (Å²) in [6, 6.07) is 12.4. The molecule has 1 aliphatic rings. The Bertz CT molecular complexity index is 955. The van der Waals surface area contributed by atoms with Crippen molar-refractivity contribution in [1.82, 2.24) is 4.98 Å². The van der Waals surface area contributed by atoms with Gasteiger partial charge >= 0.3 is 0 Å². The summed E-state index contributed by atoms with van der Waals surface area (Å²) in [5.74, 6) is 0.713. The highest BCUT2D eigenvalue weighted by molar-refractivity contribution is 6.32. The zero-order chi connectivity index (χ0) is 17.4. The van der Waals surface area contributed by atoms with E-state index in [9.17, 15) is 0 Å². The van der Waals surface area contributed by atoms with Crippen LogP contribution < -0.4 is 10.1 Å². The van der Waals surface area contributed by atoms with Gasteiger partial charge in [-0.15, -0.1) is 0 Å². The number of halogens is 1. The van der Waals surface area contributed by atoms with Crippen LogP contribution in [0.15, 0.2) is 47.1 Å². The predicted octanol–water partition coefficient (Wildman–Crippen LogP) is 5.62. The SMILES string of the molecule is Cc1cc(C)cc(Nc2nc(C3=Cc4cccc(Cl)c4OC3)co2)c1. The minimum Gasteiger partial charge on any atom is -0.487 e. The predicted molar refractivity (Wildman–Crippen MR) is 101 cm³/mol. The van der Waals surface area contributed by atoms with Gasteiger partial charge in [0.1, 0.15) is 24.3 Å². The van der Waals surface area contributed by atoms with Gasteiger partial charge in [-0.3, -0.25) is 0 Å². The van der Waals surface area contributed by atoms with E-state index in [1.807, 2.05) is 24.3 Å². The van der Waals surface area contributed by atoms with E-state index in [-0.39, 0.29) is 0 Å². The molecule has 0 fully saturated rings. The van der Waals surface area contributed by atoms with E-state index in [2.05, 4.69) is 42.3 Å². The topological polar surface area (TPSA) is 47.3 Å². The Labute approximate surface area is 151 Å². The molecule has 1 aliphatic heterocycles. The molecule has 0 aliphatic carbocycles. The van der Waals surface area contributed by atoms with Crippen LogP contribution in [-0.4, -0.2) is 11.6 Å². The lowest BCUT2D eigenvalue weighted by Crippen LogP contribution is -2.07. The standard InChI is InChI=1S/C20H17ClN2O2/c1-12-6-13(2)8-16(7-12)22-20-23-18(11-25-20)15-9-14-4-3-5-17(21)19(14)24-10-15/h3-9,11H,10H2,1-2H3,(H,22,23). The van der Waals surface area contributed by atoms with E-state index in [0.717, 1.165) is 22.5 Å². The summed E-state index contributed by atoms with van der Waals surface area (Å²) in [4.78, 5) is 4.52. The molecule has 3 aromatic rings. The van der Waals surface area contributed by atoms with Crippen LogP contribution in [0.25, 0.3) is 11.6 Å². The molecular formula is C20H17ClN2O2. The monoisotopic (exact) mass is 352 g/mol. The number of para-hydroxylation sites is 1. The van der Waals surface area contributed by atoms with Crippen LogP contribution in [0.2, 0.25) is 5.02 Å². The maximum Gasteiger partial charge on any atom is 0.299 e. The number of aromatic nitrogens is 1. The molecule has 2 heterocycles.